The van der Waals surface area contributed by atoms with Gasteiger partial charge >= 0.3 is 0 Å². The summed E-state index contributed by atoms with van der Waals surface area (Å²) >= 11 is 0. The number of fused-ring (bicyclic) bond motifs is 6. The van der Waals surface area contributed by atoms with E-state index in [1.807, 2.05) is 72.8 Å². The van der Waals surface area contributed by atoms with Crippen molar-refractivity contribution < 1.29 is 4.42 Å². The van der Waals surface area contributed by atoms with Crippen LogP contribution in [0.25, 0.3) is 71.7 Å². The molecule has 61 heavy (non-hydrogen) atoms. The highest BCUT2D eigenvalue weighted by Gasteiger charge is 2.17. The molecule has 0 fully saturated rings. The van der Waals surface area contributed by atoms with Crippen LogP contribution in [0, 0.1) is 0 Å². The molecule has 0 aliphatic heterocycles. The fraction of sp³-hybridized carbons (Fsp3) is 0.0196. The monoisotopic (exact) mass is 770 g/mol. The van der Waals surface area contributed by atoms with Crippen molar-refractivity contribution in [3.8, 4) is 27.9 Å². The molecule has 276 valence electrons. The summed E-state index contributed by atoms with van der Waals surface area (Å²) in [6.07, 6.45) is 0. The zero-order chi connectivity index (χ0) is 41.8. The first-order valence-corrected chi connectivity index (χ1v) is 19.8. The minimum absolute atomic E-state index is 0.153. The molecule has 0 bridgehead atoms. The summed E-state index contributed by atoms with van der Waals surface area (Å²) in [7, 11) is 31.2. The van der Waals surface area contributed by atoms with E-state index in [-0.39, 0.29) is 33.1 Å². The molecular formula is C51H31B5N4O. The Labute approximate surface area is 360 Å². The molecule has 0 saturated heterocycles. The maximum atomic E-state index is 6.75. The molecule has 2 N–H and O–H groups in total. The minimum Gasteiger partial charge on any atom is -0.456 e. The molecule has 10 heteroatoms. The molecule has 0 spiro atoms. The van der Waals surface area contributed by atoms with Crippen molar-refractivity contribution in [1.29, 1.82) is 0 Å². The lowest BCUT2D eigenvalue weighted by molar-refractivity contribution is 0.668. The topological polar surface area (TPSA) is 68.8 Å². The lowest BCUT2D eigenvalue weighted by atomic mass is 9.59. The van der Waals surface area contributed by atoms with E-state index in [4.69, 9.17) is 59.4 Å². The molecule has 0 amide bonds. The second-order valence-electron chi connectivity index (χ2n) is 15.1. The Morgan fingerprint density at radius 3 is 1.90 bits per heavy atom. The average molecular weight is 770 g/mol. The van der Waals surface area contributed by atoms with Crippen molar-refractivity contribution in [2.24, 2.45) is 15.7 Å². The molecule has 10 radical (unpaired) electrons. The van der Waals surface area contributed by atoms with E-state index < -0.39 is 0 Å². The van der Waals surface area contributed by atoms with E-state index in [1.165, 1.54) is 16.3 Å². The maximum absolute atomic E-state index is 6.75. The van der Waals surface area contributed by atoms with Crippen LogP contribution in [0.3, 0.4) is 0 Å². The summed E-state index contributed by atoms with van der Waals surface area (Å²) in [4.78, 5) is 10.00. The van der Waals surface area contributed by atoms with Crippen molar-refractivity contribution in [3.05, 3.63) is 180 Å². The predicted octanol–water partition coefficient (Wildman–Crippen LogP) is 6.34. The fourth-order valence-electron chi connectivity index (χ4n) is 8.33. The molecule has 8 aromatic carbocycles. The van der Waals surface area contributed by atoms with E-state index in [2.05, 4.69) is 95.6 Å². The van der Waals surface area contributed by atoms with Crippen LogP contribution in [0.15, 0.2) is 178 Å². The summed E-state index contributed by atoms with van der Waals surface area (Å²) in [5.74, 6) is 0.718. The molecule has 0 aliphatic carbocycles. The van der Waals surface area contributed by atoms with Crippen LogP contribution in [0.4, 0.5) is 0 Å². The van der Waals surface area contributed by atoms with Crippen LogP contribution < -0.4 is 33.0 Å². The lowest BCUT2D eigenvalue weighted by Crippen LogP contribution is -2.55. The summed E-state index contributed by atoms with van der Waals surface area (Å²) in [5.41, 5.74) is 18.5. The van der Waals surface area contributed by atoms with Gasteiger partial charge in [0, 0.05) is 38.4 Å². The molecule has 0 saturated carbocycles. The molecule has 10 aromatic rings. The smallest absolute Gasteiger partial charge is 0.157 e. The number of amidine groups is 2. The van der Waals surface area contributed by atoms with Gasteiger partial charge in [-0.3, -0.25) is 4.99 Å². The number of hydrogen-bond acceptors (Lipinski definition) is 2. The molecule has 2 aromatic heterocycles. The number of aliphatic imine (C=N–C) groups is 2. The van der Waals surface area contributed by atoms with Crippen molar-refractivity contribution in [3.63, 3.8) is 0 Å². The van der Waals surface area contributed by atoms with E-state index >= 15 is 0 Å². The Kier molecular flexibility index (Phi) is 9.64. The predicted molar refractivity (Wildman–Crippen MR) is 260 cm³/mol. The van der Waals surface area contributed by atoms with E-state index in [9.17, 15) is 0 Å². The van der Waals surface area contributed by atoms with Gasteiger partial charge in [-0.25, -0.2) is 4.99 Å². The summed E-state index contributed by atoms with van der Waals surface area (Å²) < 4.78 is 8.75. The van der Waals surface area contributed by atoms with Crippen molar-refractivity contribution in [1.82, 2.24) is 4.57 Å². The van der Waals surface area contributed by atoms with Gasteiger partial charge in [-0.05, 0) is 82.4 Å². The first kappa shape index (κ1) is 38.1. The van der Waals surface area contributed by atoms with Gasteiger partial charge < -0.3 is 14.7 Å². The molecule has 2 heterocycles. The number of nitrogens with zero attached hydrogens (tertiary/aromatic N) is 3. The van der Waals surface area contributed by atoms with Crippen LogP contribution in [-0.4, -0.2) is 55.5 Å². The summed E-state index contributed by atoms with van der Waals surface area (Å²) in [5, 5.41) is 4.40. The standard InChI is InChI=1S/C51H31B5N4O/c52-45-44(46(53)48(55)49(56)47(45)54)32-13-9-14-33(25-32)50(57)59-51(29-11-3-1-4-12-29)58-28-34-15-10-20-42-43(34)38-27-31(22-24-41(38)61-42)30-21-23-40-37(26-30)36-18-7-8-19-39(36)60(40)35-16-5-2-6-17-35/h1-27H,28H2,(H2,57,58,59). The van der Waals surface area contributed by atoms with Gasteiger partial charge in [0.2, 0.25) is 0 Å². The molecule has 0 unspecified atom stereocenters. The summed E-state index contributed by atoms with van der Waals surface area (Å²) in [6.45, 7) is 0.319. The normalized spacial score (nSPS) is 12.3. The second-order valence-corrected chi connectivity index (χ2v) is 15.1. The quantitative estimate of drug-likeness (QED) is 0.117. The van der Waals surface area contributed by atoms with Gasteiger partial charge in [-0.15, -0.1) is 16.4 Å². The Morgan fingerprint density at radius 2 is 1.13 bits per heavy atom. The van der Waals surface area contributed by atoms with Crippen LogP contribution in [0.2, 0.25) is 0 Å². The number of furan rings is 1. The Bertz CT molecular complexity index is 3380. The zero-order valence-electron chi connectivity index (χ0n) is 33.0. The van der Waals surface area contributed by atoms with E-state index in [1.54, 1.807) is 0 Å². The SMILES string of the molecule is [B]c1c([B])c([B])c(-c2cccc(C(N)=NC(=NCc3cccc4oc5ccc(-c6ccc7c(c6)c6ccccc6n7-c6ccccc6)cc5c34)c3ccccc3)c2)c([B])c1[B]. The third-order valence-corrected chi connectivity index (χ3v) is 11.4. The van der Waals surface area contributed by atoms with Crippen molar-refractivity contribution in [2.45, 2.75) is 6.54 Å². The lowest BCUT2D eigenvalue weighted by Gasteiger charge is -2.21. The molecule has 5 nitrogen and oxygen atoms in total. The first-order valence-electron chi connectivity index (χ1n) is 19.8. The first-order chi connectivity index (χ1) is 29.7. The zero-order valence-corrected chi connectivity index (χ0v) is 33.0. The van der Waals surface area contributed by atoms with Crippen LogP contribution >= 0.6 is 0 Å². The number of para-hydroxylation sites is 2. The average Bonchev–Trinajstić information content (AvgIpc) is 3.85. The van der Waals surface area contributed by atoms with Gasteiger partial charge in [0.15, 0.2) is 5.84 Å². The highest BCUT2D eigenvalue weighted by Crippen LogP contribution is 2.38. The number of benzene rings is 8. The van der Waals surface area contributed by atoms with Gasteiger partial charge in [-0.2, -0.15) is 0 Å². The van der Waals surface area contributed by atoms with Gasteiger partial charge in [-0.1, -0.05) is 120 Å². The molecule has 0 atom stereocenters. The van der Waals surface area contributed by atoms with Crippen molar-refractivity contribution in [2.75, 3.05) is 0 Å². The highest BCUT2D eigenvalue weighted by molar-refractivity contribution is 6.68. The van der Waals surface area contributed by atoms with Crippen LogP contribution in [0.5, 0.6) is 0 Å². The Hall–Kier alpha value is -7.18. The second kappa shape index (κ2) is 15.5. The number of aromatic nitrogens is 1. The maximum Gasteiger partial charge on any atom is 0.157 e. The molecule has 0 aliphatic rings. The third kappa shape index (κ3) is 6.69. The molecular weight excluding hydrogens is 739 g/mol. The van der Waals surface area contributed by atoms with E-state index in [0.29, 0.717) is 29.1 Å². The molecule has 10 rings (SSSR count). The third-order valence-electron chi connectivity index (χ3n) is 11.4. The fourth-order valence-corrected chi connectivity index (χ4v) is 8.33. The van der Waals surface area contributed by atoms with Gasteiger partial charge in [0.25, 0.3) is 0 Å². The largest absolute Gasteiger partial charge is 0.456 e. The van der Waals surface area contributed by atoms with Crippen LogP contribution in [0.1, 0.15) is 16.7 Å². The summed E-state index contributed by atoms with van der Waals surface area (Å²) in [6, 6.07) is 55.4. The number of hydrogen-bond donors (Lipinski definition) is 1. The van der Waals surface area contributed by atoms with E-state index in [0.717, 1.165) is 55.4 Å². The number of nitrogens with two attached hydrogens (primary N) is 1. The van der Waals surface area contributed by atoms with Crippen LogP contribution in [-0.2, 0) is 6.54 Å². The minimum atomic E-state index is 0.153. The number of rotatable bonds is 7. The van der Waals surface area contributed by atoms with Gasteiger partial charge in [0.1, 0.15) is 56.2 Å². The van der Waals surface area contributed by atoms with Gasteiger partial charge in [0.05, 0.1) is 17.6 Å². The van der Waals surface area contributed by atoms with Crippen molar-refractivity contribution >= 4 is 122 Å². The highest BCUT2D eigenvalue weighted by atomic mass is 16.3. The Morgan fingerprint density at radius 1 is 0.508 bits per heavy atom. The Balaban J connectivity index is 1.04.